The van der Waals surface area contributed by atoms with E-state index in [4.69, 9.17) is 4.74 Å². The lowest BCUT2D eigenvalue weighted by Crippen LogP contribution is -2.40. The van der Waals surface area contributed by atoms with Gasteiger partial charge in [-0.25, -0.2) is 9.78 Å². The molecule has 122 valence electrons. The van der Waals surface area contributed by atoms with Crippen molar-refractivity contribution < 1.29 is 14.3 Å². The molecule has 0 fully saturated rings. The summed E-state index contributed by atoms with van der Waals surface area (Å²) < 4.78 is 5.23. The second-order valence-electron chi connectivity index (χ2n) is 5.82. The second kappa shape index (κ2) is 7.23. The molecular weight excluding hydrogens is 314 g/mol. The Bertz CT molecular complexity index is 651. The van der Waals surface area contributed by atoms with Crippen molar-refractivity contribution in [3.63, 3.8) is 0 Å². The summed E-state index contributed by atoms with van der Waals surface area (Å²) in [6.45, 7) is 5.29. The minimum absolute atomic E-state index is 0.378. The number of carbonyl (C=O) groups excluding carboxylic acids is 2. The van der Waals surface area contributed by atoms with Gasteiger partial charge in [0.15, 0.2) is 5.13 Å². The van der Waals surface area contributed by atoms with Gasteiger partial charge >= 0.3 is 6.09 Å². The number of anilines is 1. The van der Waals surface area contributed by atoms with Crippen LogP contribution in [0.2, 0.25) is 0 Å². The Morgan fingerprint density at radius 3 is 2.48 bits per heavy atom. The summed E-state index contributed by atoms with van der Waals surface area (Å²) >= 11 is 1.31. The first-order valence-corrected chi connectivity index (χ1v) is 7.98. The number of benzene rings is 1. The van der Waals surface area contributed by atoms with E-state index in [1.54, 1.807) is 56.6 Å². The fraction of sp³-hybridized carbons (Fsp3) is 0.312. The highest BCUT2D eigenvalue weighted by Crippen LogP contribution is 2.18. The number of ether oxygens (including phenoxy) is 1. The summed E-state index contributed by atoms with van der Waals surface area (Å²) in [5.74, 6) is -0.378. The number of nitrogens with one attached hydrogen (secondary N) is 2. The van der Waals surface area contributed by atoms with E-state index in [-0.39, 0.29) is 5.91 Å². The maximum atomic E-state index is 12.5. The van der Waals surface area contributed by atoms with Crippen molar-refractivity contribution in [2.24, 2.45) is 0 Å². The van der Waals surface area contributed by atoms with Gasteiger partial charge in [-0.15, -0.1) is 11.3 Å². The van der Waals surface area contributed by atoms with E-state index in [0.29, 0.717) is 10.7 Å². The van der Waals surface area contributed by atoms with Gasteiger partial charge in [-0.05, 0) is 26.3 Å². The lowest BCUT2D eigenvalue weighted by atomic mass is 10.1. The molecule has 6 nitrogen and oxygen atoms in total. The summed E-state index contributed by atoms with van der Waals surface area (Å²) in [6.07, 6.45) is 0.944. The SMILES string of the molecule is CC(C)(C)OC(=O)NC(C(=O)Nc1nccs1)c1ccccc1. The highest BCUT2D eigenvalue weighted by atomic mass is 32.1. The largest absolute Gasteiger partial charge is 0.444 e. The number of nitrogens with zero attached hydrogens (tertiary/aromatic N) is 1. The number of rotatable bonds is 4. The maximum Gasteiger partial charge on any atom is 0.408 e. The average molecular weight is 333 g/mol. The van der Waals surface area contributed by atoms with Gasteiger partial charge in [-0.1, -0.05) is 30.3 Å². The van der Waals surface area contributed by atoms with Gasteiger partial charge in [-0.3, -0.25) is 10.1 Å². The molecule has 0 spiro atoms. The fourth-order valence-corrected chi connectivity index (χ4v) is 2.37. The van der Waals surface area contributed by atoms with Crippen LogP contribution in [0.25, 0.3) is 0 Å². The lowest BCUT2D eigenvalue weighted by Gasteiger charge is -2.23. The van der Waals surface area contributed by atoms with Crippen molar-refractivity contribution >= 4 is 28.5 Å². The van der Waals surface area contributed by atoms with Crippen LogP contribution in [-0.4, -0.2) is 22.6 Å². The number of alkyl carbamates (subject to hydrolysis) is 1. The fourth-order valence-electron chi connectivity index (χ4n) is 1.83. The molecule has 1 heterocycles. The quantitative estimate of drug-likeness (QED) is 0.899. The van der Waals surface area contributed by atoms with Crippen molar-refractivity contribution in [2.75, 3.05) is 5.32 Å². The molecule has 0 aliphatic rings. The third kappa shape index (κ3) is 5.37. The summed E-state index contributed by atoms with van der Waals surface area (Å²) in [5, 5.41) is 7.52. The summed E-state index contributed by atoms with van der Waals surface area (Å²) in [4.78, 5) is 28.5. The predicted octanol–water partition coefficient (Wildman–Crippen LogP) is 3.35. The van der Waals surface area contributed by atoms with Gasteiger partial charge < -0.3 is 10.1 Å². The first kappa shape index (κ1) is 17.0. The van der Waals surface area contributed by atoms with E-state index in [1.807, 2.05) is 6.07 Å². The van der Waals surface area contributed by atoms with Crippen LogP contribution in [0.5, 0.6) is 0 Å². The van der Waals surface area contributed by atoms with Crippen LogP contribution in [0.1, 0.15) is 32.4 Å². The molecule has 1 atom stereocenters. The Hall–Kier alpha value is -2.41. The molecule has 1 unspecified atom stereocenters. The van der Waals surface area contributed by atoms with Crippen LogP contribution in [0.3, 0.4) is 0 Å². The van der Waals surface area contributed by atoms with Crippen molar-refractivity contribution in [1.29, 1.82) is 0 Å². The Kier molecular flexibility index (Phi) is 5.33. The Morgan fingerprint density at radius 1 is 1.22 bits per heavy atom. The lowest BCUT2D eigenvalue weighted by molar-refractivity contribution is -0.118. The van der Waals surface area contributed by atoms with Crippen LogP contribution in [-0.2, 0) is 9.53 Å². The molecule has 0 aliphatic heterocycles. The molecule has 2 rings (SSSR count). The zero-order valence-corrected chi connectivity index (χ0v) is 14.0. The summed E-state index contributed by atoms with van der Waals surface area (Å²) in [5.41, 5.74) is 0.0179. The number of carbonyl (C=O) groups is 2. The number of amides is 2. The van der Waals surface area contributed by atoms with E-state index in [2.05, 4.69) is 15.6 Å². The molecule has 0 aliphatic carbocycles. The summed E-state index contributed by atoms with van der Waals surface area (Å²) in [7, 11) is 0. The molecule has 2 N–H and O–H groups in total. The Labute approximate surface area is 138 Å². The minimum atomic E-state index is -0.866. The number of thiazole rings is 1. The van der Waals surface area contributed by atoms with Gasteiger partial charge in [0.2, 0.25) is 0 Å². The normalized spacial score (nSPS) is 12.3. The van der Waals surface area contributed by atoms with Gasteiger partial charge in [0.05, 0.1) is 0 Å². The van der Waals surface area contributed by atoms with Gasteiger partial charge in [0, 0.05) is 11.6 Å². The molecule has 7 heteroatoms. The van der Waals surface area contributed by atoms with Crippen molar-refractivity contribution in [1.82, 2.24) is 10.3 Å². The number of hydrogen-bond acceptors (Lipinski definition) is 5. The molecule has 2 aromatic rings. The van der Waals surface area contributed by atoms with Crippen LogP contribution >= 0.6 is 11.3 Å². The van der Waals surface area contributed by atoms with Gasteiger partial charge in [0.25, 0.3) is 5.91 Å². The molecular formula is C16H19N3O3S. The monoisotopic (exact) mass is 333 g/mol. The topological polar surface area (TPSA) is 80.3 Å². The maximum absolute atomic E-state index is 12.5. The van der Waals surface area contributed by atoms with Crippen molar-refractivity contribution in [3.8, 4) is 0 Å². The number of aromatic nitrogens is 1. The average Bonchev–Trinajstić information content (AvgIpc) is 2.96. The third-order valence-electron chi connectivity index (χ3n) is 2.72. The highest BCUT2D eigenvalue weighted by Gasteiger charge is 2.26. The highest BCUT2D eigenvalue weighted by molar-refractivity contribution is 7.13. The van der Waals surface area contributed by atoms with E-state index in [1.165, 1.54) is 11.3 Å². The van der Waals surface area contributed by atoms with Crippen molar-refractivity contribution in [2.45, 2.75) is 32.4 Å². The smallest absolute Gasteiger partial charge is 0.408 e. The first-order chi connectivity index (χ1) is 10.8. The minimum Gasteiger partial charge on any atom is -0.444 e. The second-order valence-corrected chi connectivity index (χ2v) is 6.71. The molecule has 0 bridgehead atoms. The standard InChI is InChI=1S/C16H19N3O3S/c1-16(2,3)22-15(21)18-12(11-7-5-4-6-8-11)13(20)19-14-17-9-10-23-14/h4-10,12H,1-3H3,(H,18,21)(H,17,19,20). The Balaban J connectivity index is 2.15. The molecule has 0 saturated carbocycles. The van der Waals surface area contributed by atoms with Crippen LogP contribution in [0.15, 0.2) is 41.9 Å². The summed E-state index contributed by atoms with van der Waals surface area (Å²) in [6, 6.07) is 8.11. The van der Waals surface area contributed by atoms with Crippen LogP contribution in [0, 0.1) is 0 Å². The molecule has 23 heavy (non-hydrogen) atoms. The van der Waals surface area contributed by atoms with Crippen molar-refractivity contribution in [3.05, 3.63) is 47.5 Å². The van der Waals surface area contributed by atoms with E-state index in [0.717, 1.165) is 0 Å². The number of hydrogen-bond donors (Lipinski definition) is 2. The molecule has 0 radical (unpaired) electrons. The Morgan fingerprint density at radius 2 is 1.91 bits per heavy atom. The first-order valence-electron chi connectivity index (χ1n) is 7.10. The van der Waals surface area contributed by atoms with Gasteiger partial charge in [0.1, 0.15) is 11.6 Å². The van der Waals surface area contributed by atoms with E-state index >= 15 is 0 Å². The molecule has 1 aromatic carbocycles. The molecule has 0 saturated heterocycles. The third-order valence-corrected chi connectivity index (χ3v) is 3.41. The molecule has 1 aromatic heterocycles. The zero-order chi connectivity index (χ0) is 16.9. The zero-order valence-electron chi connectivity index (χ0n) is 13.2. The molecule has 2 amide bonds. The van der Waals surface area contributed by atoms with E-state index < -0.39 is 17.7 Å². The van der Waals surface area contributed by atoms with Gasteiger partial charge in [-0.2, -0.15) is 0 Å². The predicted molar refractivity (Wildman–Crippen MR) is 89.3 cm³/mol. The van der Waals surface area contributed by atoms with Crippen LogP contribution in [0.4, 0.5) is 9.93 Å². The van der Waals surface area contributed by atoms with Crippen LogP contribution < -0.4 is 10.6 Å². The van der Waals surface area contributed by atoms with E-state index in [9.17, 15) is 9.59 Å².